The summed E-state index contributed by atoms with van der Waals surface area (Å²) in [6, 6.07) is 1.56. The predicted octanol–water partition coefficient (Wildman–Crippen LogP) is 0.781. The van der Waals surface area contributed by atoms with Gasteiger partial charge in [0.2, 0.25) is 0 Å². The van der Waals surface area contributed by atoms with Crippen molar-refractivity contribution in [3.8, 4) is 0 Å². The van der Waals surface area contributed by atoms with Crippen LogP contribution in [0.25, 0.3) is 0 Å². The maximum Gasteiger partial charge on any atom is 0.0547 e. The van der Waals surface area contributed by atoms with Crippen molar-refractivity contribution in [2.45, 2.75) is 37.8 Å². The van der Waals surface area contributed by atoms with E-state index in [9.17, 15) is 0 Å². The Kier molecular flexibility index (Phi) is 4.13. The van der Waals surface area contributed by atoms with Crippen molar-refractivity contribution in [3.63, 3.8) is 0 Å². The van der Waals surface area contributed by atoms with E-state index in [0.29, 0.717) is 5.41 Å². The van der Waals surface area contributed by atoms with E-state index in [4.69, 9.17) is 4.74 Å². The van der Waals surface area contributed by atoms with Gasteiger partial charge in [-0.1, -0.05) is 0 Å². The first-order chi connectivity index (χ1) is 9.17. The first kappa shape index (κ1) is 13.8. The molecule has 3 aliphatic rings. The van der Waals surface area contributed by atoms with Crippen molar-refractivity contribution in [1.29, 1.82) is 0 Å². The molecule has 110 valence electrons. The van der Waals surface area contributed by atoms with Gasteiger partial charge in [0.05, 0.1) is 6.61 Å². The smallest absolute Gasteiger partial charge is 0.0547 e. The van der Waals surface area contributed by atoms with Crippen LogP contribution in [-0.2, 0) is 4.74 Å². The molecule has 2 atom stereocenters. The molecule has 19 heavy (non-hydrogen) atoms. The first-order valence-corrected chi connectivity index (χ1v) is 7.87. The lowest BCUT2D eigenvalue weighted by Crippen LogP contribution is -2.45. The summed E-state index contributed by atoms with van der Waals surface area (Å²) >= 11 is 0. The van der Waals surface area contributed by atoms with Gasteiger partial charge in [-0.2, -0.15) is 0 Å². The highest BCUT2D eigenvalue weighted by Crippen LogP contribution is 2.32. The molecule has 2 heterocycles. The van der Waals surface area contributed by atoms with Crippen LogP contribution in [0.4, 0.5) is 0 Å². The van der Waals surface area contributed by atoms with Gasteiger partial charge in [0, 0.05) is 43.7 Å². The molecule has 0 bridgehead atoms. The molecule has 1 saturated carbocycles. The highest BCUT2D eigenvalue weighted by Gasteiger charge is 2.39. The lowest BCUT2D eigenvalue weighted by molar-refractivity contribution is 0.115. The summed E-state index contributed by atoms with van der Waals surface area (Å²) in [4.78, 5) is 5.04. The SMILES string of the molecule is CN(C)C1CCN(CC2(CNC3CC3)CCOC2)C1. The highest BCUT2D eigenvalue weighted by molar-refractivity contribution is 4.94. The number of nitrogens with one attached hydrogen (secondary N) is 1. The van der Waals surface area contributed by atoms with Gasteiger partial charge in [-0.05, 0) is 46.3 Å². The van der Waals surface area contributed by atoms with Gasteiger partial charge in [0.25, 0.3) is 0 Å². The van der Waals surface area contributed by atoms with E-state index in [1.165, 1.54) is 45.3 Å². The van der Waals surface area contributed by atoms with Crippen molar-refractivity contribution >= 4 is 0 Å². The minimum Gasteiger partial charge on any atom is -0.381 e. The summed E-state index contributed by atoms with van der Waals surface area (Å²) in [6.07, 6.45) is 5.31. The second kappa shape index (κ2) is 5.68. The van der Waals surface area contributed by atoms with Gasteiger partial charge in [-0.15, -0.1) is 0 Å². The van der Waals surface area contributed by atoms with E-state index in [0.717, 1.165) is 31.8 Å². The van der Waals surface area contributed by atoms with Gasteiger partial charge >= 0.3 is 0 Å². The Morgan fingerprint density at radius 1 is 1.32 bits per heavy atom. The summed E-state index contributed by atoms with van der Waals surface area (Å²) < 4.78 is 5.72. The fraction of sp³-hybridized carbons (Fsp3) is 1.00. The Bertz CT molecular complexity index is 298. The van der Waals surface area contributed by atoms with Gasteiger partial charge < -0.3 is 19.9 Å². The zero-order valence-corrected chi connectivity index (χ0v) is 12.5. The molecule has 3 rings (SSSR count). The van der Waals surface area contributed by atoms with Crippen LogP contribution in [0.3, 0.4) is 0 Å². The molecule has 4 heteroatoms. The quantitative estimate of drug-likeness (QED) is 0.770. The average Bonchev–Trinajstić information content (AvgIpc) is 2.91. The Balaban J connectivity index is 1.52. The van der Waals surface area contributed by atoms with E-state index in [2.05, 4.69) is 29.2 Å². The van der Waals surface area contributed by atoms with Crippen LogP contribution in [0.5, 0.6) is 0 Å². The summed E-state index contributed by atoms with van der Waals surface area (Å²) in [7, 11) is 4.41. The highest BCUT2D eigenvalue weighted by atomic mass is 16.5. The van der Waals surface area contributed by atoms with E-state index in [-0.39, 0.29) is 0 Å². The third-order valence-corrected chi connectivity index (χ3v) is 5.06. The van der Waals surface area contributed by atoms with Crippen molar-refractivity contribution in [1.82, 2.24) is 15.1 Å². The molecule has 4 nitrogen and oxygen atoms in total. The average molecular weight is 267 g/mol. The Morgan fingerprint density at radius 2 is 2.16 bits per heavy atom. The molecular formula is C15H29N3O. The molecule has 2 unspecified atom stereocenters. The van der Waals surface area contributed by atoms with Crippen molar-refractivity contribution < 1.29 is 4.74 Å². The predicted molar refractivity (Wildman–Crippen MR) is 77.4 cm³/mol. The molecule has 0 amide bonds. The van der Waals surface area contributed by atoms with Crippen LogP contribution in [0.1, 0.15) is 25.7 Å². The van der Waals surface area contributed by atoms with Crippen LogP contribution in [0.15, 0.2) is 0 Å². The molecule has 2 saturated heterocycles. The lowest BCUT2D eigenvalue weighted by Gasteiger charge is -2.33. The van der Waals surface area contributed by atoms with Gasteiger partial charge in [-0.3, -0.25) is 0 Å². The second-order valence-corrected chi connectivity index (χ2v) is 7.10. The topological polar surface area (TPSA) is 27.7 Å². The third kappa shape index (κ3) is 3.48. The summed E-state index contributed by atoms with van der Waals surface area (Å²) in [6.45, 7) is 6.78. The standard InChI is InChI=1S/C15H29N3O/c1-17(2)14-5-7-18(9-14)11-15(6-8-19-12-15)10-16-13-3-4-13/h13-14,16H,3-12H2,1-2H3. The zero-order valence-electron chi connectivity index (χ0n) is 12.5. The number of hydrogen-bond donors (Lipinski definition) is 1. The fourth-order valence-electron chi connectivity index (χ4n) is 3.47. The monoisotopic (exact) mass is 267 g/mol. The van der Waals surface area contributed by atoms with Crippen LogP contribution in [0, 0.1) is 5.41 Å². The molecule has 0 spiro atoms. The van der Waals surface area contributed by atoms with Crippen LogP contribution < -0.4 is 5.32 Å². The fourth-order valence-corrected chi connectivity index (χ4v) is 3.47. The largest absolute Gasteiger partial charge is 0.381 e. The number of likely N-dealkylation sites (tertiary alicyclic amines) is 1. The van der Waals surface area contributed by atoms with Gasteiger partial charge in [0.1, 0.15) is 0 Å². The molecule has 0 aromatic heterocycles. The van der Waals surface area contributed by atoms with E-state index >= 15 is 0 Å². The number of ether oxygens (including phenoxy) is 1. The van der Waals surface area contributed by atoms with Crippen molar-refractivity contribution in [3.05, 3.63) is 0 Å². The minimum absolute atomic E-state index is 0.379. The lowest BCUT2D eigenvalue weighted by atomic mass is 9.86. The molecule has 0 aromatic rings. The maximum absolute atomic E-state index is 5.72. The first-order valence-electron chi connectivity index (χ1n) is 7.87. The zero-order chi connectivity index (χ0) is 13.3. The third-order valence-electron chi connectivity index (χ3n) is 5.06. The van der Waals surface area contributed by atoms with Crippen LogP contribution in [-0.4, -0.2) is 75.4 Å². The number of rotatable bonds is 6. The molecule has 2 aliphatic heterocycles. The Morgan fingerprint density at radius 3 is 2.74 bits per heavy atom. The molecule has 3 fully saturated rings. The normalized spacial score (nSPS) is 36.5. The van der Waals surface area contributed by atoms with E-state index in [1.54, 1.807) is 0 Å². The summed E-state index contributed by atoms with van der Waals surface area (Å²) in [5, 5.41) is 3.73. The maximum atomic E-state index is 5.72. The molecule has 1 N–H and O–H groups in total. The number of nitrogens with zero attached hydrogens (tertiary/aromatic N) is 2. The van der Waals surface area contributed by atoms with Crippen molar-refractivity contribution in [2.75, 3.05) is 53.5 Å². The Labute approximate surface area is 117 Å². The Hall–Kier alpha value is -0.160. The summed E-state index contributed by atoms with van der Waals surface area (Å²) in [5.41, 5.74) is 0.379. The molecule has 0 aromatic carbocycles. The number of hydrogen-bond acceptors (Lipinski definition) is 4. The molecule has 0 radical (unpaired) electrons. The minimum atomic E-state index is 0.379. The van der Waals surface area contributed by atoms with Crippen molar-refractivity contribution in [2.24, 2.45) is 5.41 Å². The summed E-state index contributed by atoms with van der Waals surface area (Å²) in [5.74, 6) is 0. The molecular weight excluding hydrogens is 238 g/mol. The van der Waals surface area contributed by atoms with Crippen LogP contribution >= 0.6 is 0 Å². The van der Waals surface area contributed by atoms with E-state index in [1.807, 2.05) is 0 Å². The second-order valence-electron chi connectivity index (χ2n) is 7.10. The van der Waals surface area contributed by atoms with Gasteiger partial charge in [0.15, 0.2) is 0 Å². The molecule has 1 aliphatic carbocycles. The van der Waals surface area contributed by atoms with Crippen LogP contribution in [0.2, 0.25) is 0 Å². The van der Waals surface area contributed by atoms with Gasteiger partial charge in [-0.25, -0.2) is 0 Å². The van der Waals surface area contributed by atoms with E-state index < -0.39 is 0 Å². The number of likely N-dealkylation sites (N-methyl/N-ethyl adjacent to an activating group) is 1.